The summed E-state index contributed by atoms with van der Waals surface area (Å²) in [5.74, 6) is 0.180. The minimum atomic E-state index is -0.282. The second-order valence-corrected chi connectivity index (χ2v) is 6.51. The zero-order valence-corrected chi connectivity index (χ0v) is 13.9. The van der Waals surface area contributed by atoms with Gasteiger partial charge < -0.3 is 10.6 Å². The summed E-state index contributed by atoms with van der Waals surface area (Å²) in [5.41, 5.74) is 7.46. The summed E-state index contributed by atoms with van der Waals surface area (Å²) >= 11 is 0. The molecule has 2 heterocycles. The Morgan fingerprint density at radius 1 is 1.38 bits per heavy atom. The highest BCUT2D eigenvalue weighted by molar-refractivity contribution is 5.78. The van der Waals surface area contributed by atoms with E-state index in [1.165, 1.54) is 12.1 Å². The van der Waals surface area contributed by atoms with Gasteiger partial charge in [-0.1, -0.05) is 0 Å². The number of carbonyl (C=O) groups excluding carboxylic acids is 1. The second-order valence-electron chi connectivity index (χ2n) is 6.51. The summed E-state index contributed by atoms with van der Waals surface area (Å²) in [5, 5.41) is 4.42. The number of hydrogen-bond acceptors (Lipinski definition) is 3. The van der Waals surface area contributed by atoms with Gasteiger partial charge in [0.25, 0.3) is 0 Å². The summed E-state index contributed by atoms with van der Waals surface area (Å²) < 4.78 is 14.6. The van der Waals surface area contributed by atoms with Crippen LogP contribution < -0.4 is 5.73 Å². The van der Waals surface area contributed by atoms with E-state index in [0.717, 1.165) is 31.6 Å². The van der Waals surface area contributed by atoms with Crippen molar-refractivity contribution >= 4 is 5.91 Å². The summed E-state index contributed by atoms with van der Waals surface area (Å²) in [6, 6.07) is 8.04. The fourth-order valence-electron chi connectivity index (χ4n) is 3.13. The molecule has 3 rings (SSSR count). The molecule has 2 atom stereocenters. The topological polar surface area (TPSA) is 64.2 Å². The fraction of sp³-hybridized carbons (Fsp3) is 0.444. The predicted octanol–water partition coefficient (Wildman–Crippen LogP) is 2.14. The van der Waals surface area contributed by atoms with Gasteiger partial charge in [0.2, 0.25) is 5.91 Å². The van der Waals surface area contributed by atoms with E-state index in [2.05, 4.69) is 5.10 Å². The first-order chi connectivity index (χ1) is 11.5. The third-order valence-electron chi connectivity index (χ3n) is 4.62. The van der Waals surface area contributed by atoms with Crippen LogP contribution in [0.4, 0.5) is 4.39 Å². The van der Waals surface area contributed by atoms with Crippen molar-refractivity contribution in [1.29, 1.82) is 0 Å². The van der Waals surface area contributed by atoms with Gasteiger partial charge in [-0.2, -0.15) is 5.10 Å². The van der Waals surface area contributed by atoms with Gasteiger partial charge in [-0.3, -0.25) is 4.79 Å². The Bertz CT molecular complexity index is 695. The summed E-state index contributed by atoms with van der Waals surface area (Å²) in [7, 11) is 0. The van der Waals surface area contributed by atoms with Gasteiger partial charge >= 0.3 is 0 Å². The van der Waals surface area contributed by atoms with E-state index in [0.29, 0.717) is 11.6 Å². The Labute approximate surface area is 141 Å². The zero-order chi connectivity index (χ0) is 17.1. The molecule has 0 unspecified atom stereocenters. The van der Waals surface area contributed by atoms with Gasteiger partial charge in [0.15, 0.2) is 0 Å². The standard InChI is InChI=1S/C18H23FN4O/c1-13(20)14-3-2-9-22(12-14)18(24)11-16-8-10-23(21-16)17-6-4-15(19)5-7-17/h4-8,10,13-14H,2-3,9,11-12,20H2,1H3/t13-,14+/m1/s1. The molecule has 1 amide bonds. The molecule has 6 heteroatoms. The summed E-state index contributed by atoms with van der Waals surface area (Å²) in [6.45, 7) is 3.53. The van der Waals surface area contributed by atoms with E-state index in [4.69, 9.17) is 5.73 Å². The maximum absolute atomic E-state index is 13.0. The summed E-state index contributed by atoms with van der Waals surface area (Å²) in [4.78, 5) is 14.4. The normalized spacial score (nSPS) is 19.3. The largest absolute Gasteiger partial charge is 0.342 e. The van der Waals surface area contributed by atoms with Crippen LogP contribution in [0.5, 0.6) is 0 Å². The number of rotatable bonds is 4. The first-order valence-corrected chi connectivity index (χ1v) is 8.37. The van der Waals surface area contributed by atoms with Crippen molar-refractivity contribution in [2.24, 2.45) is 11.7 Å². The average Bonchev–Trinajstić information content (AvgIpc) is 3.04. The van der Waals surface area contributed by atoms with Crippen LogP contribution in [-0.2, 0) is 11.2 Å². The monoisotopic (exact) mass is 330 g/mol. The van der Waals surface area contributed by atoms with E-state index in [9.17, 15) is 9.18 Å². The lowest BCUT2D eigenvalue weighted by atomic mass is 9.92. The number of aromatic nitrogens is 2. The van der Waals surface area contributed by atoms with Crippen molar-refractivity contribution in [3.63, 3.8) is 0 Å². The van der Waals surface area contributed by atoms with E-state index in [-0.39, 0.29) is 24.2 Å². The van der Waals surface area contributed by atoms with Crippen molar-refractivity contribution in [1.82, 2.24) is 14.7 Å². The van der Waals surface area contributed by atoms with Crippen LogP contribution in [0.15, 0.2) is 36.5 Å². The number of amides is 1. The Morgan fingerprint density at radius 3 is 2.83 bits per heavy atom. The van der Waals surface area contributed by atoms with Gasteiger partial charge in [-0.15, -0.1) is 0 Å². The molecule has 5 nitrogen and oxygen atoms in total. The average molecular weight is 330 g/mol. The number of benzene rings is 1. The fourth-order valence-corrected chi connectivity index (χ4v) is 3.13. The number of nitrogens with two attached hydrogens (primary N) is 1. The third-order valence-corrected chi connectivity index (χ3v) is 4.62. The Morgan fingerprint density at radius 2 is 2.12 bits per heavy atom. The minimum Gasteiger partial charge on any atom is -0.342 e. The zero-order valence-electron chi connectivity index (χ0n) is 13.9. The van der Waals surface area contributed by atoms with Crippen molar-refractivity contribution in [3.8, 4) is 5.69 Å². The smallest absolute Gasteiger partial charge is 0.228 e. The molecule has 24 heavy (non-hydrogen) atoms. The molecule has 1 aliphatic heterocycles. The van der Waals surface area contributed by atoms with Crippen LogP contribution in [-0.4, -0.2) is 39.7 Å². The molecule has 0 aliphatic carbocycles. The molecule has 2 N–H and O–H groups in total. The van der Waals surface area contributed by atoms with Crippen molar-refractivity contribution in [3.05, 3.63) is 48.0 Å². The van der Waals surface area contributed by atoms with Gasteiger partial charge in [-0.25, -0.2) is 9.07 Å². The van der Waals surface area contributed by atoms with Gasteiger partial charge in [0.1, 0.15) is 5.82 Å². The highest BCUT2D eigenvalue weighted by atomic mass is 19.1. The number of nitrogens with zero attached hydrogens (tertiary/aromatic N) is 3. The van der Waals surface area contributed by atoms with Gasteiger partial charge in [0, 0.05) is 25.3 Å². The first kappa shape index (κ1) is 16.6. The van der Waals surface area contributed by atoms with E-state index >= 15 is 0 Å². The molecule has 2 aromatic rings. The highest BCUT2D eigenvalue weighted by Gasteiger charge is 2.26. The number of hydrogen-bond donors (Lipinski definition) is 1. The molecule has 0 bridgehead atoms. The second kappa shape index (κ2) is 7.13. The minimum absolute atomic E-state index is 0.0877. The third kappa shape index (κ3) is 3.82. The number of piperidine rings is 1. The van der Waals surface area contributed by atoms with Gasteiger partial charge in [-0.05, 0) is 56.0 Å². The van der Waals surface area contributed by atoms with Crippen LogP contribution in [0.1, 0.15) is 25.5 Å². The molecule has 1 saturated heterocycles. The van der Waals surface area contributed by atoms with Crippen molar-refractivity contribution < 1.29 is 9.18 Å². The van der Waals surface area contributed by atoms with Crippen LogP contribution in [0.2, 0.25) is 0 Å². The molecular weight excluding hydrogens is 307 g/mol. The van der Waals surface area contributed by atoms with Crippen molar-refractivity contribution in [2.75, 3.05) is 13.1 Å². The Balaban J connectivity index is 1.64. The van der Waals surface area contributed by atoms with Crippen LogP contribution in [0.25, 0.3) is 5.69 Å². The molecule has 1 aliphatic rings. The van der Waals surface area contributed by atoms with Crippen molar-refractivity contribution in [2.45, 2.75) is 32.2 Å². The van der Waals surface area contributed by atoms with Crippen LogP contribution in [0, 0.1) is 11.7 Å². The van der Waals surface area contributed by atoms with E-state index in [1.807, 2.05) is 17.9 Å². The Kier molecular flexibility index (Phi) is 4.94. The van der Waals surface area contributed by atoms with E-state index < -0.39 is 0 Å². The quantitative estimate of drug-likeness (QED) is 0.934. The number of likely N-dealkylation sites (tertiary alicyclic amines) is 1. The SMILES string of the molecule is C[C@@H](N)[C@H]1CCCN(C(=O)Cc2ccn(-c3ccc(F)cc3)n2)C1. The number of halogens is 1. The van der Waals surface area contributed by atoms with Crippen LogP contribution >= 0.6 is 0 Å². The lowest BCUT2D eigenvalue weighted by Crippen LogP contribution is -2.45. The van der Waals surface area contributed by atoms with Gasteiger partial charge in [0.05, 0.1) is 17.8 Å². The molecule has 0 radical (unpaired) electrons. The molecule has 0 spiro atoms. The maximum Gasteiger partial charge on any atom is 0.228 e. The maximum atomic E-state index is 13.0. The molecule has 1 fully saturated rings. The molecule has 1 aromatic heterocycles. The summed E-state index contributed by atoms with van der Waals surface area (Å²) in [6.07, 6.45) is 4.15. The molecular formula is C18H23FN4O. The molecule has 128 valence electrons. The Hall–Kier alpha value is -2.21. The predicted molar refractivity (Wildman–Crippen MR) is 90.2 cm³/mol. The molecule has 0 saturated carbocycles. The first-order valence-electron chi connectivity index (χ1n) is 8.37. The highest BCUT2D eigenvalue weighted by Crippen LogP contribution is 2.19. The lowest BCUT2D eigenvalue weighted by Gasteiger charge is -2.34. The lowest BCUT2D eigenvalue weighted by molar-refractivity contribution is -0.132. The number of carbonyl (C=O) groups is 1. The molecule has 1 aromatic carbocycles. The van der Waals surface area contributed by atoms with E-state index in [1.54, 1.807) is 23.0 Å². The van der Waals surface area contributed by atoms with Crippen LogP contribution in [0.3, 0.4) is 0 Å².